The summed E-state index contributed by atoms with van der Waals surface area (Å²) in [5.41, 5.74) is 5.11. The Hall–Kier alpha value is -3.58. The van der Waals surface area contributed by atoms with E-state index in [2.05, 4.69) is 36.0 Å². The van der Waals surface area contributed by atoms with Gasteiger partial charge in [-0.25, -0.2) is 9.59 Å². The number of hydrogen-bond acceptors (Lipinski definition) is 4. The van der Waals surface area contributed by atoms with Crippen LogP contribution in [-0.4, -0.2) is 12.2 Å². The minimum absolute atomic E-state index is 0.220. The van der Waals surface area contributed by atoms with Gasteiger partial charge in [-0.05, 0) is 34.9 Å². The van der Waals surface area contributed by atoms with Crippen LogP contribution < -0.4 is 0 Å². The van der Waals surface area contributed by atoms with E-state index in [1.807, 2.05) is 54.6 Å². The second-order valence-corrected chi connectivity index (χ2v) is 6.67. The fourth-order valence-corrected chi connectivity index (χ4v) is 3.10. The Bertz CT molecular complexity index is 1040. The highest BCUT2D eigenvalue weighted by molar-refractivity contribution is 5.77. The predicted octanol–water partition coefficient (Wildman–Crippen LogP) is 5.61. The molecule has 0 aliphatic carbocycles. The zero-order chi connectivity index (χ0) is 19.3. The van der Waals surface area contributed by atoms with E-state index in [9.17, 15) is 9.59 Å². The summed E-state index contributed by atoms with van der Waals surface area (Å²) in [5, 5.41) is 0. The number of isocyanates is 2. The van der Waals surface area contributed by atoms with E-state index in [-0.39, 0.29) is 5.41 Å². The van der Waals surface area contributed by atoms with Gasteiger partial charge in [0.25, 0.3) is 0 Å². The molecule has 27 heavy (non-hydrogen) atoms. The lowest BCUT2D eigenvalue weighted by atomic mass is 9.78. The summed E-state index contributed by atoms with van der Waals surface area (Å²) in [6.45, 7) is 4.29. The van der Waals surface area contributed by atoms with Crippen LogP contribution in [0.25, 0.3) is 11.1 Å². The van der Waals surface area contributed by atoms with Crippen molar-refractivity contribution in [3.8, 4) is 11.1 Å². The lowest BCUT2D eigenvalue weighted by molar-refractivity contribution is 0.564. The number of rotatable bonds is 5. The molecule has 3 aromatic rings. The van der Waals surface area contributed by atoms with Gasteiger partial charge in [0.1, 0.15) is 0 Å². The van der Waals surface area contributed by atoms with Crippen molar-refractivity contribution in [1.82, 2.24) is 0 Å². The van der Waals surface area contributed by atoms with Crippen LogP contribution in [0.2, 0.25) is 0 Å². The largest absolute Gasteiger partial charge is 0.240 e. The normalized spacial score (nSPS) is 10.6. The van der Waals surface area contributed by atoms with Crippen molar-refractivity contribution in [2.24, 2.45) is 9.98 Å². The Balaban J connectivity index is 1.94. The van der Waals surface area contributed by atoms with Crippen LogP contribution in [0.5, 0.6) is 0 Å². The first-order chi connectivity index (χ1) is 13.1. The van der Waals surface area contributed by atoms with Crippen LogP contribution in [0.4, 0.5) is 11.4 Å². The molecule has 0 N–H and O–H groups in total. The Kier molecular flexibility index (Phi) is 5.23. The Morgan fingerprint density at radius 3 is 1.85 bits per heavy atom. The summed E-state index contributed by atoms with van der Waals surface area (Å²) in [4.78, 5) is 28.4. The number of benzene rings is 3. The second kappa shape index (κ2) is 7.76. The van der Waals surface area contributed by atoms with Gasteiger partial charge >= 0.3 is 0 Å². The lowest BCUT2D eigenvalue weighted by Crippen LogP contribution is -2.18. The summed E-state index contributed by atoms with van der Waals surface area (Å²) >= 11 is 0. The van der Waals surface area contributed by atoms with Crippen molar-refractivity contribution in [3.05, 3.63) is 83.9 Å². The number of carbonyl (C=O) groups excluding carboxylic acids is 2. The van der Waals surface area contributed by atoms with Gasteiger partial charge in [-0.2, -0.15) is 9.98 Å². The molecule has 0 aromatic heterocycles. The first kappa shape index (κ1) is 18.2. The third-order valence-corrected chi connectivity index (χ3v) is 4.75. The average Bonchev–Trinajstić information content (AvgIpc) is 2.69. The molecular weight excluding hydrogens is 336 g/mol. The predicted molar refractivity (Wildman–Crippen MR) is 106 cm³/mol. The molecule has 132 valence electrons. The van der Waals surface area contributed by atoms with E-state index in [1.54, 1.807) is 18.2 Å². The molecule has 0 spiro atoms. The van der Waals surface area contributed by atoms with Crippen molar-refractivity contribution in [2.75, 3.05) is 0 Å². The molecule has 0 fully saturated rings. The maximum Gasteiger partial charge on any atom is 0.240 e. The quantitative estimate of drug-likeness (QED) is 0.441. The van der Waals surface area contributed by atoms with Crippen molar-refractivity contribution in [2.45, 2.75) is 19.3 Å². The molecule has 4 heteroatoms. The fraction of sp³-hybridized carbons (Fsp3) is 0.130. The van der Waals surface area contributed by atoms with Gasteiger partial charge in [-0.15, -0.1) is 0 Å². The van der Waals surface area contributed by atoms with E-state index in [0.29, 0.717) is 11.4 Å². The Morgan fingerprint density at radius 1 is 0.704 bits per heavy atom. The zero-order valence-electron chi connectivity index (χ0n) is 15.1. The maximum absolute atomic E-state index is 10.6. The van der Waals surface area contributed by atoms with Crippen LogP contribution in [0, 0.1) is 0 Å². The lowest BCUT2D eigenvalue weighted by Gasteiger charge is -2.26. The van der Waals surface area contributed by atoms with Crippen LogP contribution in [0.15, 0.2) is 82.8 Å². The van der Waals surface area contributed by atoms with E-state index in [1.165, 1.54) is 0 Å². The molecule has 0 heterocycles. The highest BCUT2D eigenvalue weighted by atomic mass is 16.1. The van der Waals surface area contributed by atoms with Gasteiger partial charge in [0.05, 0.1) is 11.4 Å². The molecule has 3 rings (SSSR count). The Morgan fingerprint density at radius 2 is 1.26 bits per heavy atom. The van der Waals surface area contributed by atoms with E-state index in [0.717, 1.165) is 22.3 Å². The minimum atomic E-state index is -0.220. The molecule has 4 nitrogen and oxygen atoms in total. The molecule has 0 unspecified atom stereocenters. The summed E-state index contributed by atoms with van der Waals surface area (Å²) in [6, 6.07) is 23.3. The van der Waals surface area contributed by atoms with Crippen molar-refractivity contribution in [3.63, 3.8) is 0 Å². The van der Waals surface area contributed by atoms with Crippen molar-refractivity contribution >= 4 is 23.5 Å². The number of para-hydroxylation sites is 1. The summed E-state index contributed by atoms with van der Waals surface area (Å²) < 4.78 is 0. The summed E-state index contributed by atoms with van der Waals surface area (Å²) in [7, 11) is 0. The maximum atomic E-state index is 10.6. The minimum Gasteiger partial charge on any atom is -0.211 e. The SMILES string of the molecule is CC(C)(c1ccc(N=C=O)cc1)c1ccc(-c2ccccc2N=C=O)cc1. The van der Waals surface area contributed by atoms with E-state index in [4.69, 9.17) is 0 Å². The van der Waals surface area contributed by atoms with Crippen LogP contribution in [0.3, 0.4) is 0 Å². The van der Waals surface area contributed by atoms with Crippen LogP contribution in [-0.2, 0) is 15.0 Å². The molecule has 0 amide bonds. The van der Waals surface area contributed by atoms with Crippen LogP contribution >= 0.6 is 0 Å². The van der Waals surface area contributed by atoms with Crippen molar-refractivity contribution < 1.29 is 9.59 Å². The molecule has 0 saturated carbocycles. The molecule has 3 aromatic carbocycles. The standard InChI is InChI=1S/C23H18N2O2/c1-23(2,19-11-13-20(14-12-19)24-15-26)18-9-7-17(8-10-18)21-5-3-4-6-22(21)25-16-27/h3-14H,1-2H3. The topological polar surface area (TPSA) is 58.9 Å². The molecule has 0 aliphatic heterocycles. The van der Waals surface area contributed by atoms with Gasteiger partial charge in [0.2, 0.25) is 12.2 Å². The van der Waals surface area contributed by atoms with Gasteiger partial charge in [0, 0.05) is 11.0 Å². The average molecular weight is 354 g/mol. The van der Waals surface area contributed by atoms with Gasteiger partial charge in [-0.1, -0.05) is 68.4 Å². The Labute approximate surface area is 157 Å². The third-order valence-electron chi connectivity index (χ3n) is 4.75. The first-order valence-corrected chi connectivity index (χ1v) is 8.52. The van der Waals surface area contributed by atoms with Gasteiger partial charge in [-0.3, -0.25) is 0 Å². The fourth-order valence-electron chi connectivity index (χ4n) is 3.10. The highest BCUT2D eigenvalue weighted by Gasteiger charge is 2.23. The third kappa shape index (κ3) is 3.83. The number of hydrogen-bond donors (Lipinski definition) is 0. The highest BCUT2D eigenvalue weighted by Crippen LogP contribution is 2.35. The second-order valence-electron chi connectivity index (χ2n) is 6.67. The summed E-state index contributed by atoms with van der Waals surface area (Å²) in [5.74, 6) is 0. The molecule has 0 saturated heterocycles. The molecule has 0 bridgehead atoms. The van der Waals surface area contributed by atoms with E-state index < -0.39 is 0 Å². The first-order valence-electron chi connectivity index (χ1n) is 8.52. The zero-order valence-corrected chi connectivity index (χ0v) is 15.1. The van der Waals surface area contributed by atoms with Gasteiger partial charge < -0.3 is 0 Å². The number of aliphatic imine (C=N–C) groups is 2. The molecule has 0 aliphatic rings. The van der Waals surface area contributed by atoms with Crippen molar-refractivity contribution in [1.29, 1.82) is 0 Å². The monoisotopic (exact) mass is 354 g/mol. The molecule has 0 radical (unpaired) electrons. The van der Waals surface area contributed by atoms with Gasteiger partial charge in [0.15, 0.2) is 0 Å². The van der Waals surface area contributed by atoms with E-state index >= 15 is 0 Å². The van der Waals surface area contributed by atoms with Crippen LogP contribution in [0.1, 0.15) is 25.0 Å². The summed E-state index contributed by atoms with van der Waals surface area (Å²) in [6.07, 6.45) is 3.16. The molecule has 0 atom stereocenters. The number of nitrogens with zero attached hydrogens (tertiary/aromatic N) is 2. The smallest absolute Gasteiger partial charge is 0.211 e. The molecular formula is C23H18N2O2.